The third-order valence-electron chi connectivity index (χ3n) is 11.0. The molecule has 0 saturated carbocycles. The summed E-state index contributed by atoms with van der Waals surface area (Å²) in [6.45, 7) is 10.6. The standard InChI is InChI=1S/C46H49N.C9H12/c1-3-17-39(37-21-10-6-11-22-37)33-40(18-4-2)41-23-14-15-24-42(34-41)43-25-16-28-46(35-43)47(44-26-12-7-13-27-44)45-31-29-38(30-32-45)36-19-8-5-9-20-36;1-8(2)9-6-4-3-5-7-9/h5-10,12-13,15-16,19-21,24-35,39,41H,3-4,11,14,17-18,22-23H2,1-2H3;4,6-7H,1,3,5H2,2H3/b40-33+;/t39?,41-;/m0./s1. The van der Waals surface area contributed by atoms with E-state index < -0.39 is 0 Å². The Bertz CT molecular complexity index is 2080. The van der Waals surface area contributed by atoms with E-state index in [9.17, 15) is 0 Å². The Kier molecular flexibility index (Phi) is 15.1. The van der Waals surface area contributed by atoms with Gasteiger partial charge in [-0.1, -0.05) is 184 Å². The largest absolute Gasteiger partial charge is 0.310 e. The van der Waals surface area contributed by atoms with E-state index in [1.54, 1.807) is 11.1 Å². The van der Waals surface area contributed by atoms with Crippen molar-refractivity contribution in [1.82, 2.24) is 0 Å². The maximum Gasteiger partial charge on any atom is 0.0467 e. The first-order valence-corrected chi connectivity index (χ1v) is 21.1. The van der Waals surface area contributed by atoms with Crippen LogP contribution in [-0.4, -0.2) is 0 Å². The summed E-state index contributed by atoms with van der Waals surface area (Å²) in [5.41, 5.74) is 14.3. The lowest BCUT2D eigenvalue weighted by Crippen LogP contribution is -2.10. The van der Waals surface area contributed by atoms with Crippen LogP contribution >= 0.6 is 0 Å². The zero-order chi connectivity index (χ0) is 39.0. The fourth-order valence-corrected chi connectivity index (χ4v) is 8.10. The van der Waals surface area contributed by atoms with Crippen LogP contribution in [0.3, 0.4) is 0 Å². The number of hydrogen-bond donors (Lipinski definition) is 0. The van der Waals surface area contributed by atoms with Gasteiger partial charge >= 0.3 is 0 Å². The highest BCUT2D eigenvalue weighted by molar-refractivity contribution is 5.82. The van der Waals surface area contributed by atoms with Crippen molar-refractivity contribution >= 4 is 22.6 Å². The number of benzene rings is 4. The number of hydrogen-bond acceptors (Lipinski definition) is 1. The van der Waals surface area contributed by atoms with Crippen LogP contribution in [0.5, 0.6) is 0 Å². The maximum absolute atomic E-state index is 3.86. The molecule has 0 spiro atoms. The molecule has 0 saturated heterocycles. The molecule has 4 aromatic rings. The van der Waals surface area contributed by atoms with Gasteiger partial charge in [0.2, 0.25) is 0 Å². The molecule has 56 heavy (non-hydrogen) atoms. The number of allylic oxidation sites excluding steroid dienone is 15. The summed E-state index contributed by atoms with van der Waals surface area (Å²) in [5, 5.41) is 0. The Labute approximate surface area is 338 Å². The fraction of sp³-hybridized carbons (Fsp3) is 0.273. The van der Waals surface area contributed by atoms with Gasteiger partial charge in [-0.25, -0.2) is 0 Å². The molecule has 3 aliphatic rings. The molecular formula is C55H61N. The van der Waals surface area contributed by atoms with E-state index in [1.807, 2.05) is 6.92 Å². The molecule has 0 amide bonds. The van der Waals surface area contributed by atoms with Crippen LogP contribution in [0.25, 0.3) is 16.7 Å². The molecule has 1 heteroatoms. The summed E-state index contributed by atoms with van der Waals surface area (Å²) in [7, 11) is 0. The summed E-state index contributed by atoms with van der Waals surface area (Å²) >= 11 is 0. The third kappa shape index (κ3) is 11.1. The topological polar surface area (TPSA) is 3.24 Å². The second-order valence-corrected chi connectivity index (χ2v) is 15.4. The van der Waals surface area contributed by atoms with E-state index in [-0.39, 0.29) is 0 Å². The Balaban J connectivity index is 0.000000520. The number of anilines is 3. The molecule has 286 valence electrons. The molecule has 0 fully saturated rings. The SMILES string of the molecule is C=C(C)C1=CCCC=C1.CCC/C(=C\C(CCC)C1=CC=CCC1)[C@@H]1C=C(c2cccc(N(c3ccccc3)c3ccc(-c4ccccc4)cc3)c2)C=CCC1. The highest BCUT2D eigenvalue weighted by Crippen LogP contribution is 2.39. The molecule has 0 aromatic heterocycles. The molecule has 3 aliphatic carbocycles. The number of rotatable bonds is 13. The van der Waals surface area contributed by atoms with Gasteiger partial charge in [0, 0.05) is 17.1 Å². The quantitative estimate of drug-likeness (QED) is 0.124. The van der Waals surface area contributed by atoms with Gasteiger partial charge in [-0.05, 0) is 134 Å². The van der Waals surface area contributed by atoms with Crippen molar-refractivity contribution in [2.75, 3.05) is 4.90 Å². The van der Waals surface area contributed by atoms with Crippen molar-refractivity contribution in [3.05, 3.63) is 204 Å². The van der Waals surface area contributed by atoms with E-state index in [4.69, 9.17) is 0 Å². The van der Waals surface area contributed by atoms with Crippen molar-refractivity contribution in [1.29, 1.82) is 0 Å². The molecule has 2 atom stereocenters. The van der Waals surface area contributed by atoms with Gasteiger partial charge in [0.1, 0.15) is 0 Å². The molecule has 1 nitrogen and oxygen atoms in total. The van der Waals surface area contributed by atoms with Crippen molar-refractivity contribution in [2.45, 2.75) is 85.0 Å². The van der Waals surface area contributed by atoms with Crippen LogP contribution in [0.4, 0.5) is 17.1 Å². The van der Waals surface area contributed by atoms with Crippen molar-refractivity contribution in [2.24, 2.45) is 11.8 Å². The monoisotopic (exact) mass is 735 g/mol. The third-order valence-corrected chi connectivity index (χ3v) is 11.0. The molecule has 0 bridgehead atoms. The van der Waals surface area contributed by atoms with E-state index in [1.165, 1.54) is 96.9 Å². The Morgan fingerprint density at radius 3 is 2.07 bits per heavy atom. The highest BCUT2D eigenvalue weighted by atomic mass is 15.1. The number of para-hydroxylation sites is 1. The summed E-state index contributed by atoms with van der Waals surface area (Å²) in [4.78, 5) is 2.38. The highest BCUT2D eigenvalue weighted by Gasteiger charge is 2.20. The molecule has 1 unspecified atom stereocenters. The van der Waals surface area contributed by atoms with E-state index in [2.05, 4.69) is 195 Å². The van der Waals surface area contributed by atoms with Crippen molar-refractivity contribution in [3.8, 4) is 11.1 Å². The average Bonchev–Trinajstić information content (AvgIpc) is 3.52. The minimum Gasteiger partial charge on any atom is -0.310 e. The van der Waals surface area contributed by atoms with Gasteiger partial charge in [-0.3, -0.25) is 0 Å². The Hall–Kier alpha value is -5.40. The van der Waals surface area contributed by atoms with Crippen LogP contribution in [0.15, 0.2) is 199 Å². The smallest absolute Gasteiger partial charge is 0.0467 e. The first-order chi connectivity index (χ1) is 27.5. The van der Waals surface area contributed by atoms with Gasteiger partial charge in [0.15, 0.2) is 0 Å². The maximum atomic E-state index is 3.86. The van der Waals surface area contributed by atoms with E-state index in [0.29, 0.717) is 11.8 Å². The lowest BCUT2D eigenvalue weighted by atomic mass is 9.82. The average molecular weight is 736 g/mol. The second-order valence-electron chi connectivity index (χ2n) is 15.4. The second kappa shape index (κ2) is 21.1. The number of nitrogens with zero attached hydrogens (tertiary/aromatic N) is 1. The summed E-state index contributed by atoms with van der Waals surface area (Å²) in [6.07, 6.45) is 35.4. The Morgan fingerprint density at radius 1 is 0.714 bits per heavy atom. The predicted octanol–water partition coefficient (Wildman–Crippen LogP) is 16.4. The minimum atomic E-state index is 0.457. The Morgan fingerprint density at radius 2 is 1.41 bits per heavy atom. The van der Waals surface area contributed by atoms with Crippen LogP contribution in [0.1, 0.15) is 90.5 Å². The van der Waals surface area contributed by atoms with E-state index >= 15 is 0 Å². The van der Waals surface area contributed by atoms with Gasteiger partial charge in [-0.15, -0.1) is 0 Å². The summed E-state index contributed by atoms with van der Waals surface area (Å²) < 4.78 is 0. The van der Waals surface area contributed by atoms with Crippen LogP contribution in [0, 0.1) is 11.8 Å². The van der Waals surface area contributed by atoms with Crippen molar-refractivity contribution in [3.63, 3.8) is 0 Å². The van der Waals surface area contributed by atoms with Gasteiger partial charge in [-0.2, -0.15) is 0 Å². The molecule has 0 N–H and O–H groups in total. The zero-order valence-corrected chi connectivity index (χ0v) is 34.0. The van der Waals surface area contributed by atoms with Crippen molar-refractivity contribution < 1.29 is 0 Å². The molecule has 7 rings (SSSR count). The summed E-state index contributed by atoms with van der Waals surface area (Å²) in [6, 6.07) is 39.4. The molecule has 0 heterocycles. The fourth-order valence-electron chi connectivity index (χ4n) is 8.10. The van der Waals surface area contributed by atoms with E-state index in [0.717, 1.165) is 17.8 Å². The van der Waals surface area contributed by atoms with Gasteiger partial charge < -0.3 is 4.90 Å². The molecule has 0 aliphatic heterocycles. The van der Waals surface area contributed by atoms with Crippen LogP contribution < -0.4 is 4.90 Å². The zero-order valence-electron chi connectivity index (χ0n) is 34.0. The normalized spacial score (nSPS) is 17.1. The van der Waals surface area contributed by atoms with Gasteiger partial charge in [0.25, 0.3) is 0 Å². The first-order valence-electron chi connectivity index (χ1n) is 21.1. The van der Waals surface area contributed by atoms with Crippen LogP contribution in [0.2, 0.25) is 0 Å². The first kappa shape index (κ1) is 40.3. The molecule has 0 radical (unpaired) electrons. The van der Waals surface area contributed by atoms with Crippen LogP contribution in [-0.2, 0) is 0 Å². The molecular weight excluding hydrogens is 675 g/mol. The minimum absolute atomic E-state index is 0.457. The predicted molar refractivity (Wildman–Crippen MR) is 246 cm³/mol. The molecule has 4 aromatic carbocycles. The lowest BCUT2D eigenvalue weighted by molar-refractivity contribution is 0.595. The summed E-state index contributed by atoms with van der Waals surface area (Å²) in [5.74, 6) is 1.01. The lowest BCUT2D eigenvalue weighted by Gasteiger charge is -2.26. The van der Waals surface area contributed by atoms with Gasteiger partial charge in [0.05, 0.1) is 0 Å².